The maximum Gasteiger partial charge on any atom is 0.0806 e. The summed E-state index contributed by atoms with van der Waals surface area (Å²) < 4.78 is 5.96. The molecule has 2 heteroatoms. The molecule has 0 amide bonds. The number of nitrogens with one attached hydrogen (secondary N) is 1. The van der Waals surface area contributed by atoms with Gasteiger partial charge in [-0.15, -0.1) is 0 Å². The standard InChI is InChI=1S/C10H19NO/c1-9-4-7-12-10(8-11-9)5-2-3-6-10/h9,11H,2-8H2,1H3. The molecule has 1 aliphatic heterocycles. The minimum Gasteiger partial charge on any atom is -0.374 e. The van der Waals surface area contributed by atoms with Crippen LogP contribution in [0, 0.1) is 0 Å². The second kappa shape index (κ2) is 3.35. The van der Waals surface area contributed by atoms with Crippen LogP contribution in [0.5, 0.6) is 0 Å². The monoisotopic (exact) mass is 169 g/mol. The van der Waals surface area contributed by atoms with Crippen molar-refractivity contribution in [2.45, 2.75) is 50.7 Å². The van der Waals surface area contributed by atoms with Gasteiger partial charge in [-0.3, -0.25) is 0 Å². The molecular formula is C10H19NO. The van der Waals surface area contributed by atoms with Crippen LogP contribution in [0.4, 0.5) is 0 Å². The lowest BCUT2D eigenvalue weighted by Crippen LogP contribution is -2.40. The molecule has 1 aliphatic carbocycles. The van der Waals surface area contributed by atoms with Gasteiger partial charge in [0.05, 0.1) is 5.60 Å². The van der Waals surface area contributed by atoms with Crippen LogP contribution < -0.4 is 5.32 Å². The summed E-state index contributed by atoms with van der Waals surface area (Å²) in [5, 5.41) is 3.55. The van der Waals surface area contributed by atoms with Crippen molar-refractivity contribution in [1.82, 2.24) is 5.32 Å². The van der Waals surface area contributed by atoms with Gasteiger partial charge in [-0.25, -0.2) is 0 Å². The van der Waals surface area contributed by atoms with E-state index in [1.54, 1.807) is 0 Å². The molecule has 1 atom stereocenters. The molecule has 0 aromatic heterocycles. The zero-order valence-electron chi connectivity index (χ0n) is 7.94. The Balaban J connectivity index is 1.97. The van der Waals surface area contributed by atoms with Crippen molar-refractivity contribution < 1.29 is 4.74 Å². The Morgan fingerprint density at radius 2 is 2.08 bits per heavy atom. The summed E-state index contributed by atoms with van der Waals surface area (Å²) in [5.41, 5.74) is 0.227. The van der Waals surface area contributed by atoms with Gasteiger partial charge in [0.2, 0.25) is 0 Å². The Bertz CT molecular complexity index is 152. The fraction of sp³-hybridized carbons (Fsp3) is 1.00. The normalized spacial score (nSPS) is 35.2. The lowest BCUT2D eigenvalue weighted by Gasteiger charge is -2.27. The fourth-order valence-electron chi connectivity index (χ4n) is 2.31. The first-order valence-corrected chi connectivity index (χ1v) is 5.18. The Labute approximate surface area is 74.7 Å². The first-order valence-electron chi connectivity index (χ1n) is 5.18. The van der Waals surface area contributed by atoms with Crippen LogP contribution in [0.1, 0.15) is 39.0 Å². The van der Waals surface area contributed by atoms with Gasteiger partial charge in [-0.1, -0.05) is 12.8 Å². The first kappa shape index (κ1) is 8.52. The molecule has 12 heavy (non-hydrogen) atoms. The molecular weight excluding hydrogens is 150 g/mol. The van der Waals surface area contributed by atoms with Crippen LogP contribution in [0.3, 0.4) is 0 Å². The highest BCUT2D eigenvalue weighted by atomic mass is 16.5. The minimum absolute atomic E-state index is 0.227. The first-order chi connectivity index (χ1) is 5.81. The van der Waals surface area contributed by atoms with E-state index < -0.39 is 0 Å². The Hall–Kier alpha value is -0.0800. The third-order valence-corrected chi connectivity index (χ3v) is 3.25. The third-order valence-electron chi connectivity index (χ3n) is 3.25. The van der Waals surface area contributed by atoms with Crippen LogP contribution in [0.15, 0.2) is 0 Å². The van der Waals surface area contributed by atoms with E-state index in [0.717, 1.165) is 13.2 Å². The van der Waals surface area contributed by atoms with Crippen LogP contribution >= 0.6 is 0 Å². The topological polar surface area (TPSA) is 21.3 Å². The maximum atomic E-state index is 5.96. The van der Waals surface area contributed by atoms with E-state index in [1.165, 1.54) is 32.1 Å². The van der Waals surface area contributed by atoms with E-state index in [9.17, 15) is 0 Å². The molecule has 1 heterocycles. The second-order valence-electron chi connectivity index (χ2n) is 4.31. The van der Waals surface area contributed by atoms with Crippen molar-refractivity contribution in [1.29, 1.82) is 0 Å². The molecule has 2 fully saturated rings. The molecule has 0 bridgehead atoms. The highest BCUT2D eigenvalue weighted by molar-refractivity contribution is 4.90. The fourth-order valence-corrected chi connectivity index (χ4v) is 2.31. The van der Waals surface area contributed by atoms with E-state index >= 15 is 0 Å². The van der Waals surface area contributed by atoms with Crippen molar-refractivity contribution in [2.24, 2.45) is 0 Å². The van der Waals surface area contributed by atoms with E-state index in [1.807, 2.05) is 0 Å². The second-order valence-corrected chi connectivity index (χ2v) is 4.31. The molecule has 70 valence electrons. The van der Waals surface area contributed by atoms with Crippen LogP contribution in [0.2, 0.25) is 0 Å². The van der Waals surface area contributed by atoms with Gasteiger partial charge < -0.3 is 10.1 Å². The zero-order chi connectivity index (χ0) is 8.44. The molecule has 0 aromatic carbocycles. The average Bonchev–Trinajstić information content (AvgIpc) is 2.42. The Kier molecular flexibility index (Phi) is 2.37. The smallest absolute Gasteiger partial charge is 0.0806 e. The third kappa shape index (κ3) is 1.64. The van der Waals surface area contributed by atoms with Crippen LogP contribution in [-0.2, 0) is 4.74 Å². The van der Waals surface area contributed by atoms with Gasteiger partial charge in [0.15, 0.2) is 0 Å². The van der Waals surface area contributed by atoms with Crippen molar-refractivity contribution in [3.05, 3.63) is 0 Å². The van der Waals surface area contributed by atoms with Gasteiger partial charge >= 0.3 is 0 Å². The predicted molar refractivity (Wildman–Crippen MR) is 49.2 cm³/mol. The average molecular weight is 169 g/mol. The van der Waals surface area contributed by atoms with Gasteiger partial charge in [-0.2, -0.15) is 0 Å². The van der Waals surface area contributed by atoms with Gasteiger partial charge in [-0.05, 0) is 26.2 Å². The minimum atomic E-state index is 0.227. The van der Waals surface area contributed by atoms with Crippen molar-refractivity contribution in [3.8, 4) is 0 Å². The van der Waals surface area contributed by atoms with E-state index in [-0.39, 0.29) is 5.60 Å². The highest BCUT2D eigenvalue weighted by Crippen LogP contribution is 2.33. The van der Waals surface area contributed by atoms with Crippen LogP contribution in [-0.4, -0.2) is 24.8 Å². The summed E-state index contributed by atoms with van der Waals surface area (Å²) in [6.07, 6.45) is 6.42. The van der Waals surface area contributed by atoms with Gasteiger partial charge in [0.25, 0.3) is 0 Å². The number of hydrogen-bond acceptors (Lipinski definition) is 2. The largest absolute Gasteiger partial charge is 0.374 e. The molecule has 0 radical (unpaired) electrons. The quantitative estimate of drug-likeness (QED) is 0.596. The Morgan fingerprint density at radius 3 is 2.83 bits per heavy atom. The summed E-state index contributed by atoms with van der Waals surface area (Å²) in [6.45, 7) is 4.28. The Morgan fingerprint density at radius 1 is 1.33 bits per heavy atom. The molecule has 1 spiro atoms. The lowest BCUT2D eigenvalue weighted by atomic mass is 10.0. The SMILES string of the molecule is CC1CCOC2(CCCC2)CN1. The molecule has 2 rings (SSSR count). The predicted octanol–water partition coefficient (Wildman–Crippen LogP) is 1.70. The summed E-state index contributed by atoms with van der Waals surface area (Å²) in [7, 11) is 0. The van der Waals surface area contributed by atoms with E-state index in [2.05, 4.69) is 12.2 Å². The van der Waals surface area contributed by atoms with Crippen molar-refractivity contribution in [2.75, 3.05) is 13.2 Å². The summed E-state index contributed by atoms with van der Waals surface area (Å²) >= 11 is 0. The van der Waals surface area contributed by atoms with Crippen molar-refractivity contribution >= 4 is 0 Å². The summed E-state index contributed by atoms with van der Waals surface area (Å²) in [4.78, 5) is 0. The molecule has 1 saturated carbocycles. The molecule has 2 aliphatic rings. The van der Waals surface area contributed by atoms with Crippen molar-refractivity contribution in [3.63, 3.8) is 0 Å². The molecule has 1 unspecified atom stereocenters. The lowest BCUT2D eigenvalue weighted by molar-refractivity contribution is -0.0276. The van der Waals surface area contributed by atoms with Gasteiger partial charge in [0, 0.05) is 19.2 Å². The zero-order valence-corrected chi connectivity index (χ0v) is 7.94. The molecule has 2 nitrogen and oxygen atoms in total. The van der Waals surface area contributed by atoms with Crippen LogP contribution in [0.25, 0.3) is 0 Å². The molecule has 1 saturated heterocycles. The maximum absolute atomic E-state index is 5.96. The number of rotatable bonds is 0. The summed E-state index contributed by atoms with van der Waals surface area (Å²) in [5.74, 6) is 0. The van der Waals surface area contributed by atoms with Gasteiger partial charge in [0.1, 0.15) is 0 Å². The van der Waals surface area contributed by atoms with E-state index in [4.69, 9.17) is 4.74 Å². The summed E-state index contributed by atoms with van der Waals surface area (Å²) in [6, 6.07) is 0.643. The highest BCUT2D eigenvalue weighted by Gasteiger charge is 2.36. The number of ether oxygens (including phenoxy) is 1. The molecule has 1 N–H and O–H groups in total. The molecule has 0 aromatic rings. The van der Waals surface area contributed by atoms with E-state index in [0.29, 0.717) is 6.04 Å². The number of hydrogen-bond donors (Lipinski definition) is 1.